The second-order valence-electron chi connectivity index (χ2n) is 6.78. The predicted molar refractivity (Wildman–Crippen MR) is 92.6 cm³/mol. The molecule has 3 amide bonds. The first kappa shape index (κ1) is 19.0. The van der Waals surface area contributed by atoms with Crippen molar-refractivity contribution in [3.05, 3.63) is 0 Å². The number of nitrogens with zero attached hydrogens (tertiary/aromatic N) is 1. The summed E-state index contributed by atoms with van der Waals surface area (Å²) in [6.45, 7) is 5.17. The Bertz CT molecular complexity index is 416. The Morgan fingerprint density at radius 2 is 1.92 bits per heavy atom. The zero-order valence-corrected chi connectivity index (χ0v) is 14.8. The summed E-state index contributed by atoms with van der Waals surface area (Å²) >= 11 is 0. The lowest BCUT2D eigenvalue weighted by molar-refractivity contribution is -0.140. The van der Waals surface area contributed by atoms with Crippen LogP contribution in [0, 0.1) is 0 Å². The number of rotatable bonds is 7. The molecule has 1 saturated carbocycles. The summed E-state index contributed by atoms with van der Waals surface area (Å²) in [5.74, 6) is 0.0756. The molecule has 4 N–H and O–H groups in total. The van der Waals surface area contributed by atoms with E-state index in [9.17, 15) is 9.59 Å². The summed E-state index contributed by atoms with van der Waals surface area (Å²) in [5, 5.41) is 5.70. The third-order valence-electron chi connectivity index (χ3n) is 4.99. The Labute approximate surface area is 144 Å². The molecule has 1 aliphatic heterocycles. The number of nitrogens with two attached hydrogens (primary N) is 1. The van der Waals surface area contributed by atoms with E-state index in [-0.39, 0.29) is 18.0 Å². The van der Waals surface area contributed by atoms with Gasteiger partial charge in [0.1, 0.15) is 5.54 Å². The topological polar surface area (TPSA) is 96.7 Å². The molecule has 0 atom stereocenters. The Kier molecular flexibility index (Phi) is 7.30. The lowest BCUT2D eigenvalue weighted by Crippen LogP contribution is -2.61. The van der Waals surface area contributed by atoms with Crippen LogP contribution >= 0.6 is 0 Å². The zero-order chi connectivity index (χ0) is 17.4. The molecular weight excluding hydrogens is 308 g/mol. The van der Waals surface area contributed by atoms with Crippen molar-refractivity contribution in [3.8, 4) is 0 Å². The molecular formula is C17H32N4O3. The summed E-state index contributed by atoms with van der Waals surface area (Å²) in [4.78, 5) is 26.9. The van der Waals surface area contributed by atoms with Crippen LogP contribution in [-0.4, -0.2) is 61.3 Å². The first-order valence-electron chi connectivity index (χ1n) is 9.28. The van der Waals surface area contributed by atoms with Gasteiger partial charge in [0.25, 0.3) is 0 Å². The minimum Gasteiger partial charge on any atom is -0.378 e. The molecule has 2 aliphatic rings. The van der Waals surface area contributed by atoms with Crippen LogP contribution < -0.4 is 16.4 Å². The van der Waals surface area contributed by atoms with E-state index < -0.39 is 5.54 Å². The number of likely N-dealkylation sites (tertiary alicyclic amines) is 1. The normalized spacial score (nSPS) is 20.8. The number of ether oxygens (including phenoxy) is 1. The number of carbonyl (C=O) groups excluding carboxylic acids is 2. The van der Waals surface area contributed by atoms with E-state index in [0.717, 1.165) is 44.9 Å². The Morgan fingerprint density at radius 1 is 1.25 bits per heavy atom. The van der Waals surface area contributed by atoms with E-state index in [2.05, 4.69) is 10.6 Å². The van der Waals surface area contributed by atoms with Crippen LogP contribution in [0.5, 0.6) is 0 Å². The highest BCUT2D eigenvalue weighted by atomic mass is 16.5. The largest absolute Gasteiger partial charge is 0.378 e. The average molecular weight is 340 g/mol. The van der Waals surface area contributed by atoms with Gasteiger partial charge in [-0.05, 0) is 45.6 Å². The van der Waals surface area contributed by atoms with Gasteiger partial charge in [-0.25, -0.2) is 4.79 Å². The standard InChI is InChI=1S/C17H32N4O3/c1-2-19-16(23)20-17(8-3-4-9-17)15(22)21-11-6-14(7-12-21)24-13-5-10-18/h14H,2-13,18H2,1H3,(H2,19,20,23). The quantitative estimate of drug-likeness (QED) is 0.602. The lowest BCUT2D eigenvalue weighted by atomic mass is 9.94. The molecule has 1 aliphatic carbocycles. The molecule has 7 nitrogen and oxygen atoms in total. The summed E-state index contributed by atoms with van der Waals surface area (Å²) in [5.41, 5.74) is 4.76. The second-order valence-corrected chi connectivity index (χ2v) is 6.78. The van der Waals surface area contributed by atoms with Gasteiger partial charge in [-0.2, -0.15) is 0 Å². The molecule has 0 unspecified atom stereocenters. The summed E-state index contributed by atoms with van der Waals surface area (Å²) in [6, 6.07) is -0.243. The number of hydrogen-bond acceptors (Lipinski definition) is 4. The molecule has 24 heavy (non-hydrogen) atoms. The van der Waals surface area contributed by atoms with Crippen LogP contribution in [0.3, 0.4) is 0 Å². The van der Waals surface area contributed by atoms with Crippen LogP contribution in [0.2, 0.25) is 0 Å². The van der Waals surface area contributed by atoms with E-state index in [1.165, 1.54) is 0 Å². The van der Waals surface area contributed by atoms with E-state index in [1.54, 1.807) is 0 Å². The van der Waals surface area contributed by atoms with Gasteiger partial charge >= 0.3 is 6.03 Å². The van der Waals surface area contributed by atoms with Crippen molar-refractivity contribution >= 4 is 11.9 Å². The molecule has 0 radical (unpaired) electrons. The van der Waals surface area contributed by atoms with E-state index in [4.69, 9.17) is 10.5 Å². The van der Waals surface area contributed by atoms with Crippen LogP contribution in [0.25, 0.3) is 0 Å². The predicted octanol–water partition coefficient (Wildman–Crippen LogP) is 0.975. The fraction of sp³-hybridized carbons (Fsp3) is 0.882. The highest BCUT2D eigenvalue weighted by molar-refractivity contribution is 5.91. The van der Waals surface area contributed by atoms with Crippen LogP contribution in [0.15, 0.2) is 0 Å². The molecule has 0 aromatic carbocycles. The van der Waals surface area contributed by atoms with Gasteiger partial charge < -0.3 is 26.0 Å². The first-order chi connectivity index (χ1) is 11.6. The van der Waals surface area contributed by atoms with E-state index >= 15 is 0 Å². The maximum Gasteiger partial charge on any atom is 0.315 e. The summed E-state index contributed by atoms with van der Waals surface area (Å²) < 4.78 is 5.80. The lowest BCUT2D eigenvalue weighted by Gasteiger charge is -2.38. The molecule has 2 rings (SSSR count). The molecule has 2 fully saturated rings. The van der Waals surface area contributed by atoms with Crippen LogP contribution in [0.4, 0.5) is 4.79 Å². The highest BCUT2D eigenvalue weighted by Crippen LogP contribution is 2.32. The van der Waals surface area contributed by atoms with Crippen molar-refractivity contribution in [2.45, 2.75) is 63.5 Å². The highest BCUT2D eigenvalue weighted by Gasteiger charge is 2.45. The van der Waals surface area contributed by atoms with Crippen molar-refractivity contribution in [1.29, 1.82) is 0 Å². The zero-order valence-electron chi connectivity index (χ0n) is 14.8. The third kappa shape index (κ3) is 4.83. The summed E-state index contributed by atoms with van der Waals surface area (Å²) in [6.07, 6.45) is 6.23. The monoisotopic (exact) mass is 340 g/mol. The average Bonchev–Trinajstić information content (AvgIpc) is 3.05. The number of urea groups is 1. The Hall–Kier alpha value is -1.34. The molecule has 0 bridgehead atoms. The molecule has 0 aromatic rings. The van der Waals surface area contributed by atoms with E-state index in [0.29, 0.717) is 32.8 Å². The number of amides is 3. The van der Waals surface area contributed by atoms with Crippen LogP contribution in [0.1, 0.15) is 51.9 Å². The molecule has 0 aromatic heterocycles. The number of nitrogens with one attached hydrogen (secondary N) is 2. The Balaban J connectivity index is 1.88. The van der Waals surface area contributed by atoms with Crippen molar-refractivity contribution in [1.82, 2.24) is 15.5 Å². The van der Waals surface area contributed by atoms with Crippen molar-refractivity contribution in [2.75, 3.05) is 32.8 Å². The van der Waals surface area contributed by atoms with Gasteiger partial charge in [0, 0.05) is 26.2 Å². The molecule has 1 saturated heterocycles. The van der Waals surface area contributed by atoms with Gasteiger partial charge in [-0.3, -0.25) is 4.79 Å². The summed E-state index contributed by atoms with van der Waals surface area (Å²) in [7, 11) is 0. The van der Waals surface area contributed by atoms with Gasteiger partial charge in [-0.1, -0.05) is 12.8 Å². The minimum atomic E-state index is -0.716. The fourth-order valence-electron chi connectivity index (χ4n) is 3.65. The van der Waals surface area contributed by atoms with E-state index in [1.807, 2.05) is 11.8 Å². The fourth-order valence-corrected chi connectivity index (χ4v) is 3.65. The maximum atomic E-state index is 13.1. The minimum absolute atomic E-state index is 0.0756. The number of carbonyl (C=O) groups is 2. The molecule has 0 spiro atoms. The van der Waals surface area contributed by atoms with Crippen LogP contribution in [-0.2, 0) is 9.53 Å². The smallest absolute Gasteiger partial charge is 0.315 e. The Morgan fingerprint density at radius 3 is 2.50 bits per heavy atom. The van der Waals surface area contributed by atoms with Gasteiger partial charge in [-0.15, -0.1) is 0 Å². The van der Waals surface area contributed by atoms with Gasteiger partial charge in [0.15, 0.2) is 0 Å². The van der Waals surface area contributed by atoms with Crippen molar-refractivity contribution in [3.63, 3.8) is 0 Å². The van der Waals surface area contributed by atoms with Crippen molar-refractivity contribution in [2.24, 2.45) is 5.73 Å². The molecule has 7 heteroatoms. The third-order valence-corrected chi connectivity index (χ3v) is 4.99. The SMILES string of the molecule is CCNC(=O)NC1(C(=O)N2CCC(OCCCN)CC2)CCCC1. The van der Waals surface area contributed by atoms with Gasteiger partial charge in [0.2, 0.25) is 5.91 Å². The molecule has 138 valence electrons. The second kappa shape index (κ2) is 9.22. The number of hydrogen-bond donors (Lipinski definition) is 3. The number of piperidine rings is 1. The maximum absolute atomic E-state index is 13.1. The first-order valence-corrected chi connectivity index (χ1v) is 9.28. The van der Waals surface area contributed by atoms with Crippen molar-refractivity contribution < 1.29 is 14.3 Å². The van der Waals surface area contributed by atoms with Gasteiger partial charge in [0.05, 0.1) is 6.10 Å². The molecule has 1 heterocycles.